The van der Waals surface area contributed by atoms with E-state index in [-0.39, 0.29) is 11.7 Å². The van der Waals surface area contributed by atoms with Crippen LogP contribution in [-0.4, -0.2) is 17.3 Å². The van der Waals surface area contributed by atoms with Gasteiger partial charge in [-0.05, 0) is 73.8 Å². The van der Waals surface area contributed by atoms with Crippen LogP contribution in [0.1, 0.15) is 29.8 Å². The van der Waals surface area contributed by atoms with Gasteiger partial charge in [-0.1, -0.05) is 48.0 Å². The first-order valence-electron chi connectivity index (χ1n) is 10.2. The van der Waals surface area contributed by atoms with E-state index in [1.165, 1.54) is 0 Å². The minimum absolute atomic E-state index is 0.110. The Labute approximate surface area is 191 Å². The molecular formula is C27H22ClNO3. The molecule has 0 bridgehead atoms. The van der Waals surface area contributed by atoms with E-state index in [4.69, 9.17) is 16.3 Å². The highest BCUT2D eigenvalue weighted by atomic mass is 35.5. The second-order valence-corrected chi connectivity index (χ2v) is 8.39. The molecule has 0 saturated heterocycles. The summed E-state index contributed by atoms with van der Waals surface area (Å²) in [5.41, 5.74) is 0.683. The van der Waals surface area contributed by atoms with Gasteiger partial charge in [0, 0.05) is 27.2 Å². The maximum absolute atomic E-state index is 13.0. The fourth-order valence-corrected chi connectivity index (χ4v) is 3.52. The molecule has 0 aliphatic heterocycles. The van der Waals surface area contributed by atoms with Gasteiger partial charge in [-0.25, -0.2) is 0 Å². The second-order valence-electron chi connectivity index (χ2n) is 7.95. The van der Waals surface area contributed by atoms with Crippen LogP contribution in [-0.2, 0) is 4.79 Å². The van der Waals surface area contributed by atoms with E-state index in [1.807, 2.05) is 42.5 Å². The fraction of sp³-hybridized carbons (Fsp3) is 0.111. The van der Waals surface area contributed by atoms with Crippen LogP contribution in [0.25, 0.3) is 10.8 Å². The molecule has 0 aliphatic rings. The minimum atomic E-state index is -1.13. The molecule has 0 heterocycles. The van der Waals surface area contributed by atoms with E-state index >= 15 is 0 Å². The zero-order chi connectivity index (χ0) is 22.7. The summed E-state index contributed by atoms with van der Waals surface area (Å²) in [4.78, 5) is 25.6. The van der Waals surface area contributed by atoms with Gasteiger partial charge in [0.05, 0.1) is 0 Å². The molecule has 0 unspecified atom stereocenters. The van der Waals surface area contributed by atoms with Gasteiger partial charge in [0.1, 0.15) is 5.75 Å². The van der Waals surface area contributed by atoms with Crippen LogP contribution in [0.3, 0.4) is 0 Å². The lowest BCUT2D eigenvalue weighted by Crippen LogP contribution is -2.42. The van der Waals surface area contributed by atoms with Crippen molar-refractivity contribution in [2.75, 3.05) is 5.32 Å². The van der Waals surface area contributed by atoms with E-state index in [9.17, 15) is 9.59 Å². The fourth-order valence-electron chi connectivity index (χ4n) is 3.39. The number of amides is 1. The molecule has 4 aromatic carbocycles. The highest BCUT2D eigenvalue weighted by Gasteiger charge is 2.30. The number of hydrogen-bond acceptors (Lipinski definition) is 3. The summed E-state index contributed by atoms with van der Waals surface area (Å²) in [6.07, 6.45) is 0. The van der Waals surface area contributed by atoms with E-state index in [2.05, 4.69) is 5.32 Å². The molecule has 32 heavy (non-hydrogen) atoms. The van der Waals surface area contributed by atoms with Crippen molar-refractivity contribution in [2.45, 2.75) is 19.4 Å². The quantitative estimate of drug-likeness (QED) is 0.345. The molecule has 0 saturated carbocycles. The summed E-state index contributed by atoms with van der Waals surface area (Å²) < 4.78 is 5.96. The number of fused-ring (bicyclic) bond motifs is 1. The van der Waals surface area contributed by atoms with Crippen LogP contribution in [0.4, 0.5) is 5.69 Å². The number of carbonyl (C=O) groups is 2. The number of nitrogens with one attached hydrogen (secondary N) is 1. The lowest BCUT2D eigenvalue weighted by atomic mass is 10.0. The minimum Gasteiger partial charge on any atom is -0.478 e. The third-order valence-corrected chi connectivity index (χ3v) is 5.43. The van der Waals surface area contributed by atoms with Crippen molar-refractivity contribution < 1.29 is 14.3 Å². The molecule has 4 rings (SSSR count). The van der Waals surface area contributed by atoms with Crippen LogP contribution in [0.5, 0.6) is 5.75 Å². The number of hydrogen-bond donors (Lipinski definition) is 1. The van der Waals surface area contributed by atoms with Gasteiger partial charge in [-0.3, -0.25) is 9.59 Å². The van der Waals surface area contributed by atoms with Crippen LogP contribution in [0.2, 0.25) is 5.02 Å². The first kappa shape index (κ1) is 21.6. The van der Waals surface area contributed by atoms with Crippen LogP contribution in [0.15, 0.2) is 91.0 Å². The Morgan fingerprint density at radius 2 is 1.38 bits per heavy atom. The predicted octanol–water partition coefficient (Wildman–Crippen LogP) is 6.52. The van der Waals surface area contributed by atoms with Crippen molar-refractivity contribution in [3.05, 3.63) is 107 Å². The molecule has 0 aromatic heterocycles. The molecule has 0 aliphatic carbocycles. The maximum atomic E-state index is 13.0. The molecule has 0 fully saturated rings. The Bertz CT molecular complexity index is 1270. The topological polar surface area (TPSA) is 55.4 Å². The summed E-state index contributed by atoms with van der Waals surface area (Å²) in [5, 5.41) is 5.56. The second kappa shape index (κ2) is 8.85. The Balaban J connectivity index is 1.47. The van der Waals surface area contributed by atoms with E-state index in [0.717, 1.165) is 16.5 Å². The normalized spacial score (nSPS) is 11.2. The summed E-state index contributed by atoms with van der Waals surface area (Å²) >= 11 is 5.89. The third-order valence-electron chi connectivity index (χ3n) is 5.18. The number of carbonyl (C=O) groups excluding carboxylic acids is 2. The summed E-state index contributed by atoms with van der Waals surface area (Å²) in [6.45, 7) is 3.42. The Kier molecular flexibility index (Phi) is 5.97. The lowest BCUT2D eigenvalue weighted by Gasteiger charge is -2.25. The van der Waals surface area contributed by atoms with Crippen molar-refractivity contribution in [1.82, 2.24) is 0 Å². The number of halogens is 1. The predicted molar refractivity (Wildman–Crippen MR) is 129 cm³/mol. The monoisotopic (exact) mass is 443 g/mol. The smallest absolute Gasteiger partial charge is 0.267 e. The Hall–Kier alpha value is -3.63. The van der Waals surface area contributed by atoms with Gasteiger partial charge in [-0.15, -0.1) is 0 Å². The van der Waals surface area contributed by atoms with E-state index in [0.29, 0.717) is 21.9 Å². The summed E-state index contributed by atoms with van der Waals surface area (Å²) in [6, 6.07) is 27.1. The molecule has 0 atom stereocenters. The molecule has 160 valence electrons. The molecular weight excluding hydrogens is 422 g/mol. The standard InChI is InChI=1S/C27H22ClNO3/c1-27(2,26(31)29-24-9-5-7-18-6-3-4-8-23(18)24)32-22-16-12-20(13-17-22)25(30)19-10-14-21(28)15-11-19/h3-17H,1-2H3,(H,29,31). The Morgan fingerprint density at radius 3 is 2.06 bits per heavy atom. The van der Waals surface area contributed by atoms with Gasteiger partial charge in [0.25, 0.3) is 5.91 Å². The van der Waals surface area contributed by atoms with Gasteiger partial charge >= 0.3 is 0 Å². The molecule has 0 radical (unpaired) electrons. The number of ketones is 1. The largest absolute Gasteiger partial charge is 0.478 e. The third kappa shape index (κ3) is 4.66. The lowest BCUT2D eigenvalue weighted by molar-refractivity contribution is -0.128. The van der Waals surface area contributed by atoms with Crippen molar-refractivity contribution in [2.24, 2.45) is 0 Å². The number of anilines is 1. The van der Waals surface area contributed by atoms with Gasteiger partial charge < -0.3 is 10.1 Å². The van der Waals surface area contributed by atoms with Crippen molar-refractivity contribution in [3.8, 4) is 5.75 Å². The van der Waals surface area contributed by atoms with Gasteiger partial charge in [-0.2, -0.15) is 0 Å². The van der Waals surface area contributed by atoms with E-state index < -0.39 is 5.60 Å². The zero-order valence-corrected chi connectivity index (χ0v) is 18.5. The number of rotatable bonds is 6. The van der Waals surface area contributed by atoms with Crippen molar-refractivity contribution in [3.63, 3.8) is 0 Å². The molecule has 1 N–H and O–H groups in total. The van der Waals surface area contributed by atoms with Crippen LogP contribution < -0.4 is 10.1 Å². The summed E-state index contributed by atoms with van der Waals surface area (Å²) in [7, 11) is 0. The van der Waals surface area contributed by atoms with Gasteiger partial charge in [0.2, 0.25) is 0 Å². The van der Waals surface area contributed by atoms with E-state index in [1.54, 1.807) is 62.4 Å². The highest BCUT2D eigenvalue weighted by Crippen LogP contribution is 2.26. The number of ether oxygens (including phenoxy) is 1. The SMILES string of the molecule is CC(C)(Oc1ccc(C(=O)c2ccc(Cl)cc2)cc1)C(=O)Nc1cccc2ccccc12. The highest BCUT2D eigenvalue weighted by molar-refractivity contribution is 6.30. The average molecular weight is 444 g/mol. The molecule has 4 aromatic rings. The van der Waals surface area contributed by atoms with Crippen LogP contribution in [0, 0.1) is 0 Å². The average Bonchev–Trinajstić information content (AvgIpc) is 2.79. The first-order valence-corrected chi connectivity index (χ1v) is 10.6. The maximum Gasteiger partial charge on any atom is 0.267 e. The Morgan fingerprint density at radius 1 is 0.781 bits per heavy atom. The zero-order valence-electron chi connectivity index (χ0n) is 17.8. The molecule has 1 amide bonds. The molecule has 0 spiro atoms. The van der Waals surface area contributed by atoms with Crippen molar-refractivity contribution in [1.29, 1.82) is 0 Å². The summed E-state index contributed by atoms with van der Waals surface area (Å²) in [5.74, 6) is 0.118. The van der Waals surface area contributed by atoms with Crippen LogP contribution >= 0.6 is 11.6 Å². The van der Waals surface area contributed by atoms with Crippen molar-refractivity contribution >= 4 is 39.8 Å². The van der Waals surface area contributed by atoms with Gasteiger partial charge in [0.15, 0.2) is 11.4 Å². The molecule has 5 heteroatoms. The molecule has 4 nitrogen and oxygen atoms in total. The number of benzene rings is 4. The first-order chi connectivity index (χ1) is 15.3.